The predicted octanol–water partition coefficient (Wildman–Crippen LogP) is 6.06. The van der Waals surface area contributed by atoms with Crippen molar-refractivity contribution < 1.29 is 27.2 Å². The Kier molecular flexibility index (Phi) is 9.82. The van der Waals surface area contributed by atoms with Crippen molar-refractivity contribution in [2.24, 2.45) is 0 Å². The fourth-order valence-electron chi connectivity index (χ4n) is 2.98. The van der Waals surface area contributed by atoms with E-state index >= 15 is 0 Å². The van der Waals surface area contributed by atoms with Crippen LogP contribution in [-0.4, -0.2) is 25.7 Å². The first-order chi connectivity index (χ1) is 14.7. The SMILES string of the molecule is CCOP(=O)(OCC)C(F)(F)c1ccc(CCNC(=O)CCc2ccccc2)cc1Br. The number of benzene rings is 2. The molecule has 0 atom stereocenters. The lowest BCUT2D eigenvalue weighted by atomic mass is 10.1. The summed E-state index contributed by atoms with van der Waals surface area (Å²) in [5, 5.41) is 2.84. The van der Waals surface area contributed by atoms with Crippen LogP contribution in [0.1, 0.15) is 37.0 Å². The predicted molar refractivity (Wildman–Crippen MR) is 120 cm³/mol. The van der Waals surface area contributed by atoms with Crippen molar-refractivity contribution in [2.45, 2.75) is 38.8 Å². The lowest BCUT2D eigenvalue weighted by Crippen LogP contribution is -2.26. The molecular formula is C22H27BrF2NO4P. The number of nitrogens with one attached hydrogen (secondary N) is 1. The van der Waals surface area contributed by atoms with Crippen molar-refractivity contribution in [3.63, 3.8) is 0 Å². The Morgan fingerprint density at radius 3 is 2.26 bits per heavy atom. The normalized spacial score (nSPS) is 12.0. The highest BCUT2D eigenvalue weighted by Gasteiger charge is 2.55. The van der Waals surface area contributed by atoms with E-state index < -0.39 is 18.8 Å². The molecule has 9 heteroatoms. The molecule has 0 aliphatic rings. The first-order valence-electron chi connectivity index (χ1n) is 10.1. The van der Waals surface area contributed by atoms with Crippen molar-refractivity contribution in [1.29, 1.82) is 0 Å². The molecule has 2 aromatic rings. The zero-order chi connectivity index (χ0) is 22.9. The zero-order valence-corrected chi connectivity index (χ0v) is 20.1. The molecule has 0 aliphatic carbocycles. The van der Waals surface area contributed by atoms with Gasteiger partial charge in [-0.2, -0.15) is 8.78 Å². The monoisotopic (exact) mass is 517 g/mol. The lowest BCUT2D eigenvalue weighted by molar-refractivity contribution is -0.121. The molecule has 0 saturated carbocycles. The highest BCUT2D eigenvalue weighted by Crippen LogP contribution is 2.67. The largest absolute Gasteiger partial charge is 0.404 e. The van der Waals surface area contributed by atoms with Gasteiger partial charge in [0.25, 0.3) is 0 Å². The van der Waals surface area contributed by atoms with E-state index in [1.807, 2.05) is 30.3 Å². The van der Waals surface area contributed by atoms with Gasteiger partial charge in [-0.3, -0.25) is 9.36 Å². The summed E-state index contributed by atoms with van der Waals surface area (Å²) in [4.78, 5) is 12.0. The van der Waals surface area contributed by atoms with Crippen LogP contribution in [0.3, 0.4) is 0 Å². The summed E-state index contributed by atoms with van der Waals surface area (Å²) in [7, 11) is -4.67. The average molecular weight is 518 g/mol. The van der Waals surface area contributed by atoms with Crippen LogP contribution in [0.4, 0.5) is 8.78 Å². The number of alkyl halides is 2. The van der Waals surface area contributed by atoms with Gasteiger partial charge < -0.3 is 14.4 Å². The van der Waals surface area contributed by atoms with Gasteiger partial charge in [-0.25, -0.2) is 0 Å². The smallest absolute Gasteiger partial charge is 0.356 e. The van der Waals surface area contributed by atoms with Gasteiger partial charge >= 0.3 is 13.3 Å². The average Bonchev–Trinajstić information content (AvgIpc) is 2.73. The van der Waals surface area contributed by atoms with Crippen LogP contribution in [-0.2, 0) is 36.9 Å². The molecule has 0 fully saturated rings. The van der Waals surface area contributed by atoms with Gasteiger partial charge in [0.15, 0.2) is 0 Å². The third kappa shape index (κ3) is 6.94. The lowest BCUT2D eigenvalue weighted by Gasteiger charge is -2.26. The summed E-state index contributed by atoms with van der Waals surface area (Å²) < 4.78 is 52.3. The van der Waals surface area contributed by atoms with E-state index in [0.717, 1.165) is 11.1 Å². The Balaban J connectivity index is 1.96. The maximum absolute atomic E-state index is 15.0. The minimum absolute atomic E-state index is 0.0690. The Labute approximate surface area is 190 Å². The van der Waals surface area contributed by atoms with Gasteiger partial charge in [-0.05, 0) is 43.9 Å². The molecule has 5 nitrogen and oxygen atoms in total. The van der Waals surface area contributed by atoms with Crippen LogP contribution >= 0.6 is 23.5 Å². The fourth-order valence-corrected chi connectivity index (χ4v) is 5.38. The minimum Gasteiger partial charge on any atom is -0.356 e. The fraction of sp³-hybridized carbons (Fsp3) is 0.409. The standard InChI is InChI=1S/C22H27BrF2NO4P/c1-3-29-31(28,30-4-2)22(24,25)19-12-10-18(16-20(19)23)14-15-26-21(27)13-11-17-8-6-5-7-9-17/h5-10,12,16H,3-4,11,13-15H2,1-2H3,(H,26,27). The third-order valence-electron chi connectivity index (χ3n) is 4.52. The van der Waals surface area contributed by atoms with E-state index in [-0.39, 0.29) is 23.6 Å². The number of halogens is 3. The number of carbonyl (C=O) groups excluding carboxylic acids is 1. The van der Waals surface area contributed by atoms with Crippen LogP contribution < -0.4 is 5.32 Å². The molecule has 0 unspecified atom stereocenters. The number of hydrogen-bond acceptors (Lipinski definition) is 4. The van der Waals surface area contributed by atoms with E-state index in [9.17, 15) is 18.1 Å². The Bertz CT molecular complexity index is 902. The number of rotatable bonds is 12. The Hall–Kier alpha value is -1.60. The maximum atomic E-state index is 15.0. The first kappa shape index (κ1) is 25.7. The molecule has 0 bridgehead atoms. The molecule has 0 aliphatic heterocycles. The second kappa shape index (κ2) is 11.9. The Morgan fingerprint density at radius 1 is 1.03 bits per heavy atom. The molecule has 0 radical (unpaired) electrons. The van der Waals surface area contributed by atoms with E-state index in [2.05, 4.69) is 21.2 Å². The zero-order valence-electron chi connectivity index (χ0n) is 17.6. The highest BCUT2D eigenvalue weighted by atomic mass is 79.9. The van der Waals surface area contributed by atoms with Gasteiger partial charge in [0.1, 0.15) is 0 Å². The molecule has 0 saturated heterocycles. The second-order valence-corrected chi connectivity index (χ2v) is 9.70. The molecular weight excluding hydrogens is 491 g/mol. The van der Waals surface area contributed by atoms with Crippen molar-refractivity contribution >= 4 is 29.4 Å². The van der Waals surface area contributed by atoms with Crippen LogP contribution in [0, 0.1) is 0 Å². The second-order valence-electron chi connectivity index (χ2n) is 6.77. The summed E-state index contributed by atoms with van der Waals surface area (Å²) in [5.74, 6) is -0.0690. The molecule has 0 aromatic heterocycles. The molecule has 2 aromatic carbocycles. The first-order valence-corrected chi connectivity index (χ1v) is 12.4. The van der Waals surface area contributed by atoms with Gasteiger partial charge in [0.2, 0.25) is 5.91 Å². The van der Waals surface area contributed by atoms with E-state index in [1.54, 1.807) is 0 Å². The molecule has 0 heterocycles. The maximum Gasteiger partial charge on any atom is 0.404 e. The molecule has 170 valence electrons. The summed E-state index contributed by atoms with van der Waals surface area (Å²) >= 11 is 3.15. The van der Waals surface area contributed by atoms with E-state index in [4.69, 9.17) is 9.05 Å². The van der Waals surface area contributed by atoms with Gasteiger partial charge in [-0.15, -0.1) is 0 Å². The van der Waals surface area contributed by atoms with Crippen LogP contribution in [0.5, 0.6) is 0 Å². The highest BCUT2D eigenvalue weighted by molar-refractivity contribution is 9.10. The molecule has 1 amide bonds. The summed E-state index contributed by atoms with van der Waals surface area (Å²) in [5.41, 5.74) is -2.43. The molecule has 1 N–H and O–H groups in total. The van der Waals surface area contributed by atoms with Crippen molar-refractivity contribution in [1.82, 2.24) is 5.32 Å². The van der Waals surface area contributed by atoms with Crippen molar-refractivity contribution in [3.8, 4) is 0 Å². The van der Waals surface area contributed by atoms with Crippen LogP contribution in [0.2, 0.25) is 0 Å². The van der Waals surface area contributed by atoms with E-state index in [1.165, 1.54) is 32.0 Å². The number of aryl methyl sites for hydroxylation is 1. The van der Waals surface area contributed by atoms with Crippen LogP contribution in [0.25, 0.3) is 0 Å². The Morgan fingerprint density at radius 2 is 1.68 bits per heavy atom. The quantitative estimate of drug-likeness (QED) is 0.347. The van der Waals surface area contributed by atoms with Crippen molar-refractivity contribution in [3.05, 3.63) is 69.7 Å². The topological polar surface area (TPSA) is 64.6 Å². The number of hydrogen-bond donors (Lipinski definition) is 1. The van der Waals surface area contributed by atoms with E-state index in [0.29, 0.717) is 25.8 Å². The minimum atomic E-state index is -4.67. The van der Waals surface area contributed by atoms with Gasteiger partial charge in [0.05, 0.1) is 13.2 Å². The molecule has 31 heavy (non-hydrogen) atoms. The third-order valence-corrected chi connectivity index (χ3v) is 7.30. The summed E-state index contributed by atoms with van der Waals surface area (Å²) in [6, 6.07) is 14.0. The number of carbonyl (C=O) groups is 1. The van der Waals surface area contributed by atoms with Crippen LogP contribution in [0.15, 0.2) is 53.0 Å². The van der Waals surface area contributed by atoms with Gasteiger partial charge in [-0.1, -0.05) is 58.4 Å². The summed E-state index contributed by atoms with van der Waals surface area (Å²) in [6.45, 7) is 3.02. The van der Waals surface area contributed by atoms with Crippen molar-refractivity contribution in [2.75, 3.05) is 19.8 Å². The summed E-state index contributed by atoms with van der Waals surface area (Å²) in [6.07, 6.45) is 1.50. The molecule has 2 rings (SSSR count). The van der Waals surface area contributed by atoms with Gasteiger partial charge in [0, 0.05) is 23.0 Å². The number of amides is 1. The molecule has 0 spiro atoms.